The summed E-state index contributed by atoms with van der Waals surface area (Å²) in [5.41, 5.74) is -2.35. The first-order valence-corrected chi connectivity index (χ1v) is 15.0. The number of hydrogen-bond acceptors (Lipinski definition) is 7. The van der Waals surface area contributed by atoms with Crippen molar-refractivity contribution in [3.8, 4) is 0 Å². The summed E-state index contributed by atoms with van der Waals surface area (Å²) in [7, 11) is -3.94. The van der Waals surface area contributed by atoms with Gasteiger partial charge >= 0.3 is 6.18 Å². The molecule has 1 aliphatic carbocycles. The molecular weight excluding hydrogens is 589 g/mol. The van der Waals surface area contributed by atoms with E-state index in [0.717, 1.165) is 4.68 Å². The Kier molecular flexibility index (Phi) is 7.66. The standard InChI is InChI=1S/C26H30F5N5O5S/c27-25(28)6-10-35(11-7-25)36-8-1-2-20(23(36)39)32-22(38)19-4-3-18(33-42(40,41)13-12-37)14-21(19)34-9-5-24(26(29,30)31)15-17(24)16-34/h1-4,8,14,17,33,37H,5-7,9-13,15-16H2,(H,32,38)/t17-,24+/m1/s1. The van der Waals surface area contributed by atoms with Crippen molar-refractivity contribution in [2.24, 2.45) is 11.3 Å². The number of hydrogen-bond donors (Lipinski definition) is 3. The minimum atomic E-state index is -4.36. The molecule has 1 amide bonds. The van der Waals surface area contributed by atoms with E-state index in [-0.39, 0.29) is 61.6 Å². The normalized spacial score (nSPS) is 23.7. The number of anilines is 3. The number of nitrogens with one attached hydrogen (secondary N) is 2. The largest absolute Gasteiger partial charge is 0.395 e. The predicted molar refractivity (Wildman–Crippen MR) is 145 cm³/mol. The number of aliphatic hydroxyl groups is 1. The molecule has 2 aliphatic heterocycles. The molecule has 10 nitrogen and oxygen atoms in total. The fourth-order valence-electron chi connectivity index (χ4n) is 5.75. The molecule has 0 spiro atoms. The third kappa shape index (κ3) is 5.91. The zero-order chi connectivity index (χ0) is 30.5. The van der Waals surface area contributed by atoms with Crippen molar-refractivity contribution >= 4 is 33.0 Å². The highest BCUT2D eigenvalue weighted by atomic mass is 32.2. The lowest BCUT2D eigenvalue weighted by atomic mass is 9.93. The molecule has 1 aromatic heterocycles. The van der Waals surface area contributed by atoms with Gasteiger partial charge in [0.05, 0.1) is 34.7 Å². The molecule has 230 valence electrons. The van der Waals surface area contributed by atoms with Crippen LogP contribution in [0.15, 0.2) is 41.3 Å². The van der Waals surface area contributed by atoms with Crippen molar-refractivity contribution < 1.29 is 40.3 Å². The maximum absolute atomic E-state index is 13.7. The second-order valence-corrected chi connectivity index (χ2v) is 12.8. The molecule has 1 aromatic carbocycles. The van der Waals surface area contributed by atoms with E-state index in [1.807, 2.05) is 0 Å². The second-order valence-electron chi connectivity index (χ2n) is 11.0. The van der Waals surface area contributed by atoms with Crippen LogP contribution in [0.3, 0.4) is 0 Å². The van der Waals surface area contributed by atoms with Gasteiger partial charge in [0.2, 0.25) is 10.0 Å². The van der Waals surface area contributed by atoms with Crippen LogP contribution in [-0.2, 0) is 10.0 Å². The monoisotopic (exact) mass is 619 g/mol. The summed E-state index contributed by atoms with van der Waals surface area (Å²) in [6.07, 6.45) is -4.05. The van der Waals surface area contributed by atoms with Crippen molar-refractivity contribution in [1.29, 1.82) is 0 Å². The summed E-state index contributed by atoms with van der Waals surface area (Å²) in [6.45, 7) is -0.828. The highest BCUT2D eigenvalue weighted by Crippen LogP contribution is 2.66. The smallest absolute Gasteiger partial charge is 0.394 e. The van der Waals surface area contributed by atoms with E-state index in [1.165, 1.54) is 41.5 Å². The molecule has 16 heteroatoms. The molecule has 42 heavy (non-hydrogen) atoms. The van der Waals surface area contributed by atoms with Crippen LogP contribution in [0.4, 0.5) is 39.0 Å². The quantitative estimate of drug-likeness (QED) is 0.389. The SMILES string of the molecule is O=C(Nc1cccn(N2CCC(F)(F)CC2)c1=O)c1ccc(NS(=O)(=O)CCO)cc1N1CC[C@]2(C(F)(F)F)C[C@@H]2C1. The summed E-state index contributed by atoms with van der Waals surface area (Å²) in [5.74, 6) is -4.86. The lowest BCUT2D eigenvalue weighted by molar-refractivity contribution is -0.195. The van der Waals surface area contributed by atoms with Gasteiger partial charge in [0.1, 0.15) is 5.69 Å². The van der Waals surface area contributed by atoms with Crippen LogP contribution in [0.5, 0.6) is 0 Å². The van der Waals surface area contributed by atoms with Crippen molar-refractivity contribution in [2.75, 3.05) is 58.5 Å². The Balaban J connectivity index is 1.42. The number of fused-ring (bicyclic) bond motifs is 1. The zero-order valence-corrected chi connectivity index (χ0v) is 23.1. The van der Waals surface area contributed by atoms with E-state index in [1.54, 1.807) is 4.90 Å². The first kappa shape index (κ1) is 30.1. The molecule has 0 bridgehead atoms. The molecule has 3 aliphatic rings. The number of benzene rings is 1. The van der Waals surface area contributed by atoms with Gasteiger partial charge in [-0.05, 0) is 49.1 Å². The van der Waals surface area contributed by atoms with Crippen molar-refractivity contribution in [1.82, 2.24) is 4.68 Å². The number of sulfonamides is 1. The average molecular weight is 620 g/mol. The van der Waals surface area contributed by atoms with Gasteiger partial charge in [-0.15, -0.1) is 0 Å². The average Bonchev–Trinajstić information content (AvgIpc) is 3.66. The first-order chi connectivity index (χ1) is 19.6. The summed E-state index contributed by atoms with van der Waals surface area (Å²) >= 11 is 0. The summed E-state index contributed by atoms with van der Waals surface area (Å²) in [4.78, 5) is 28.2. The molecular formula is C26H30F5N5O5S. The molecule has 3 heterocycles. The van der Waals surface area contributed by atoms with Gasteiger partial charge in [0.25, 0.3) is 17.4 Å². The fraction of sp³-hybridized carbons (Fsp3) is 0.538. The number of pyridine rings is 1. The molecule has 1 saturated carbocycles. The predicted octanol–water partition coefficient (Wildman–Crippen LogP) is 2.98. The highest BCUT2D eigenvalue weighted by Gasteiger charge is 2.71. The van der Waals surface area contributed by atoms with E-state index in [0.29, 0.717) is 0 Å². The van der Waals surface area contributed by atoms with E-state index in [9.17, 15) is 40.0 Å². The van der Waals surface area contributed by atoms with Gasteiger partial charge in [-0.3, -0.25) is 14.3 Å². The molecule has 5 rings (SSSR count). The summed E-state index contributed by atoms with van der Waals surface area (Å²) in [5, 5.41) is 13.0. The van der Waals surface area contributed by atoms with E-state index < -0.39 is 70.1 Å². The summed E-state index contributed by atoms with van der Waals surface area (Å²) in [6, 6.07) is 6.75. The van der Waals surface area contributed by atoms with Gasteiger partial charge < -0.3 is 20.3 Å². The van der Waals surface area contributed by atoms with E-state index >= 15 is 0 Å². The van der Waals surface area contributed by atoms with Gasteiger partial charge in [-0.1, -0.05) is 0 Å². The topological polar surface area (TPSA) is 124 Å². The van der Waals surface area contributed by atoms with Crippen molar-refractivity contribution in [3.63, 3.8) is 0 Å². The van der Waals surface area contributed by atoms with E-state index in [2.05, 4.69) is 10.0 Å². The lowest BCUT2D eigenvalue weighted by Gasteiger charge is -2.35. The third-order valence-electron chi connectivity index (χ3n) is 8.23. The number of rotatable bonds is 8. The molecule has 2 aromatic rings. The maximum Gasteiger partial charge on any atom is 0.394 e. The molecule has 2 saturated heterocycles. The Morgan fingerprint density at radius 1 is 1.10 bits per heavy atom. The second kappa shape index (κ2) is 10.7. The van der Waals surface area contributed by atoms with E-state index in [4.69, 9.17) is 5.11 Å². The Morgan fingerprint density at radius 3 is 2.45 bits per heavy atom. The van der Waals surface area contributed by atoms with Gasteiger partial charge in [0, 0.05) is 45.2 Å². The molecule has 2 atom stereocenters. The Hall–Kier alpha value is -3.40. The maximum atomic E-state index is 13.7. The van der Waals surface area contributed by atoms with Gasteiger partial charge in [-0.2, -0.15) is 13.2 Å². The molecule has 3 N–H and O–H groups in total. The molecule has 0 radical (unpaired) electrons. The third-order valence-corrected chi connectivity index (χ3v) is 9.50. The van der Waals surface area contributed by atoms with Crippen molar-refractivity contribution in [2.45, 2.75) is 37.8 Å². The minimum absolute atomic E-state index is 0.00678. The number of alkyl halides is 5. The van der Waals surface area contributed by atoms with Crippen LogP contribution < -0.4 is 25.5 Å². The number of carbonyl (C=O) groups excluding carboxylic acids is 1. The van der Waals surface area contributed by atoms with Crippen LogP contribution in [0, 0.1) is 11.3 Å². The lowest BCUT2D eigenvalue weighted by Crippen LogP contribution is -2.49. The Bertz CT molecular complexity index is 1520. The van der Waals surface area contributed by atoms with Crippen LogP contribution in [-0.4, -0.2) is 74.7 Å². The fourth-order valence-corrected chi connectivity index (χ4v) is 6.58. The summed E-state index contributed by atoms with van der Waals surface area (Å²) < 4.78 is 96.1. The number of amides is 1. The van der Waals surface area contributed by atoms with Gasteiger partial charge in [0.15, 0.2) is 0 Å². The van der Waals surface area contributed by atoms with Crippen LogP contribution in [0.2, 0.25) is 0 Å². The Morgan fingerprint density at radius 2 is 1.81 bits per heavy atom. The number of aliphatic hydroxyl groups excluding tert-OH is 1. The molecule has 0 unspecified atom stereocenters. The highest BCUT2D eigenvalue weighted by molar-refractivity contribution is 7.92. The number of nitrogens with zero attached hydrogens (tertiary/aromatic N) is 3. The zero-order valence-electron chi connectivity index (χ0n) is 22.3. The van der Waals surface area contributed by atoms with Crippen LogP contribution in [0.25, 0.3) is 0 Å². The van der Waals surface area contributed by atoms with Crippen LogP contribution in [0.1, 0.15) is 36.0 Å². The molecule has 3 fully saturated rings. The van der Waals surface area contributed by atoms with Crippen molar-refractivity contribution in [3.05, 3.63) is 52.4 Å². The first-order valence-electron chi connectivity index (χ1n) is 13.4. The number of aromatic nitrogens is 1. The number of piperidine rings is 2. The van der Waals surface area contributed by atoms with Crippen LogP contribution >= 0.6 is 0 Å². The Labute approximate surface area is 238 Å². The van der Waals surface area contributed by atoms with Gasteiger partial charge in [-0.25, -0.2) is 21.9 Å². The minimum Gasteiger partial charge on any atom is -0.395 e. The number of halogens is 5. The number of carbonyl (C=O) groups is 1.